The van der Waals surface area contributed by atoms with Gasteiger partial charge in [0.05, 0.1) is 18.6 Å². The fraction of sp³-hybridized carbons (Fsp3) is 0.727. The standard InChI is InChI=1S/C11H16O3/c1-2-9-8(5-7-14-9)11(12)10-4-3-6-13-10/h4,8-9H,2-3,5-7H2,1H3. The number of ketones is 1. The average molecular weight is 196 g/mol. The summed E-state index contributed by atoms with van der Waals surface area (Å²) in [5.74, 6) is 0.746. The van der Waals surface area contributed by atoms with Gasteiger partial charge in [-0.05, 0) is 18.9 Å². The number of ether oxygens (including phenoxy) is 2. The van der Waals surface area contributed by atoms with Crippen LogP contribution in [0.5, 0.6) is 0 Å². The van der Waals surface area contributed by atoms with E-state index in [1.807, 2.05) is 6.08 Å². The molecule has 3 heteroatoms. The van der Waals surface area contributed by atoms with Crippen molar-refractivity contribution in [2.24, 2.45) is 5.92 Å². The highest BCUT2D eigenvalue weighted by Gasteiger charge is 2.35. The second-order valence-corrected chi connectivity index (χ2v) is 3.78. The number of carbonyl (C=O) groups excluding carboxylic acids is 1. The van der Waals surface area contributed by atoms with Crippen LogP contribution in [0.4, 0.5) is 0 Å². The Morgan fingerprint density at radius 3 is 3.07 bits per heavy atom. The first-order chi connectivity index (χ1) is 6.83. The highest BCUT2D eigenvalue weighted by atomic mass is 16.5. The third kappa shape index (κ3) is 1.69. The molecule has 0 bridgehead atoms. The zero-order chi connectivity index (χ0) is 9.97. The van der Waals surface area contributed by atoms with Gasteiger partial charge >= 0.3 is 0 Å². The van der Waals surface area contributed by atoms with E-state index in [4.69, 9.17) is 9.47 Å². The quantitative estimate of drug-likeness (QED) is 0.688. The third-order valence-electron chi connectivity index (χ3n) is 2.90. The van der Waals surface area contributed by atoms with Crippen LogP contribution in [0.2, 0.25) is 0 Å². The van der Waals surface area contributed by atoms with E-state index in [2.05, 4.69) is 6.92 Å². The Balaban J connectivity index is 2.03. The zero-order valence-corrected chi connectivity index (χ0v) is 8.49. The molecule has 0 aliphatic carbocycles. The van der Waals surface area contributed by atoms with Gasteiger partial charge in [-0.15, -0.1) is 0 Å². The van der Waals surface area contributed by atoms with E-state index < -0.39 is 0 Å². The minimum atomic E-state index is 0.0318. The molecule has 2 atom stereocenters. The molecule has 0 aromatic rings. The molecule has 0 spiro atoms. The number of Topliss-reactive ketones (excluding diaryl/α,β-unsaturated/α-hetero) is 1. The lowest BCUT2D eigenvalue weighted by atomic mass is 9.93. The second-order valence-electron chi connectivity index (χ2n) is 3.78. The monoisotopic (exact) mass is 196 g/mol. The van der Waals surface area contributed by atoms with Crippen LogP contribution in [-0.4, -0.2) is 25.1 Å². The van der Waals surface area contributed by atoms with Crippen molar-refractivity contribution in [2.45, 2.75) is 32.3 Å². The van der Waals surface area contributed by atoms with Crippen molar-refractivity contribution in [3.8, 4) is 0 Å². The summed E-state index contributed by atoms with van der Waals surface area (Å²) in [4.78, 5) is 11.9. The molecule has 2 aliphatic heterocycles. The molecule has 0 aromatic carbocycles. The predicted molar refractivity (Wildman–Crippen MR) is 51.8 cm³/mol. The van der Waals surface area contributed by atoms with E-state index in [0.717, 1.165) is 19.3 Å². The van der Waals surface area contributed by atoms with Gasteiger partial charge in [-0.3, -0.25) is 4.79 Å². The first kappa shape index (κ1) is 9.71. The van der Waals surface area contributed by atoms with E-state index in [1.54, 1.807) is 0 Å². The summed E-state index contributed by atoms with van der Waals surface area (Å²) in [6.45, 7) is 3.42. The van der Waals surface area contributed by atoms with E-state index >= 15 is 0 Å². The van der Waals surface area contributed by atoms with Crippen LogP contribution in [0.3, 0.4) is 0 Å². The molecule has 2 rings (SSSR count). The summed E-state index contributed by atoms with van der Waals surface area (Å²) in [5, 5.41) is 0. The topological polar surface area (TPSA) is 35.5 Å². The molecule has 78 valence electrons. The number of rotatable bonds is 3. The number of allylic oxidation sites excluding steroid dienone is 1. The van der Waals surface area contributed by atoms with Crippen molar-refractivity contribution in [3.63, 3.8) is 0 Å². The fourth-order valence-corrected chi connectivity index (χ4v) is 2.12. The fourth-order valence-electron chi connectivity index (χ4n) is 2.12. The average Bonchev–Trinajstić information content (AvgIpc) is 2.87. The van der Waals surface area contributed by atoms with Gasteiger partial charge < -0.3 is 9.47 Å². The van der Waals surface area contributed by atoms with Crippen LogP contribution < -0.4 is 0 Å². The Hall–Kier alpha value is -0.830. The molecule has 0 aromatic heterocycles. The number of hydrogen-bond acceptors (Lipinski definition) is 3. The lowest BCUT2D eigenvalue weighted by Crippen LogP contribution is -2.25. The highest BCUT2D eigenvalue weighted by molar-refractivity contribution is 5.96. The van der Waals surface area contributed by atoms with Crippen molar-refractivity contribution >= 4 is 5.78 Å². The van der Waals surface area contributed by atoms with Crippen LogP contribution in [0, 0.1) is 5.92 Å². The Morgan fingerprint density at radius 1 is 1.57 bits per heavy atom. The molecule has 2 heterocycles. The van der Waals surface area contributed by atoms with Gasteiger partial charge in [-0.1, -0.05) is 6.92 Å². The normalized spacial score (nSPS) is 31.4. The zero-order valence-electron chi connectivity index (χ0n) is 8.49. The van der Waals surface area contributed by atoms with E-state index in [0.29, 0.717) is 19.0 Å². The van der Waals surface area contributed by atoms with Crippen LogP contribution in [0.25, 0.3) is 0 Å². The molecule has 0 amide bonds. The molecule has 0 saturated carbocycles. The molecule has 0 N–H and O–H groups in total. The Labute approximate surface area is 84.1 Å². The second kappa shape index (κ2) is 4.13. The van der Waals surface area contributed by atoms with E-state index in [9.17, 15) is 4.79 Å². The van der Waals surface area contributed by atoms with Crippen molar-refractivity contribution in [2.75, 3.05) is 13.2 Å². The van der Waals surface area contributed by atoms with Gasteiger partial charge in [0.2, 0.25) is 5.78 Å². The molecule has 3 nitrogen and oxygen atoms in total. The van der Waals surface area contributed by atoms with E-state index in [-0.39, 0.29) is 17.8 Å². The molecule has 14 heavy (non-hydrogen) atoms. The number of hydrogen-bond donors (Lipinski definition) is 0. The summed E-state index contributed by atoms with van der Waals surface area (Å²) in [6, 6.07) is 0. The predicted octanol–water partition coefficient (Wildman–Crippen LogP) is 1.67. The Kier molecular flexibility index (Phi) is 2.87. The molecular formula is C11H16O3. The number of carbonyl (C=O) groups is 1. The first-order valence-corrected chi connectivity index (χ1v) is 5.31. The first-order valence-electron chi connectivity index (χ1n) is 5.31. The minimum Gasteiger partial charge on any atom is -0.490 e. The van der Waals surface area contributed by atoms with Crippen LogP contribution in [0.1, 0.15) is 26.2 Å². The smallest absolute Gasteiger partial charge is 0.202 e. The maximum absolute atomic E-state index is 11.9. The van der Waals surface area contributed by atoms with Gasteiger partial charge in [-0.2, -0.15) is 0 Å². The van der Waals surface area contributed by atoms with Crippen molar-refractivity contribution in [1.29, 1.82) is 0 Å². The largest absolute Gasteiger partial charge is 0.490 e. The summed E-state index contributed by atoms with van der Waals surface area (Å²) >= 11 is 0. The van der Waals surface area contributed by atoms with Crippen LogP contribution >= 0.6 is 0 Å². The summed E-state index contributed by atoms with van der Waals surface area (Å²) < 4.78 is 10.8. The van der Waals surface area contributed by atoms with Crippen LogP contribution in [-0.2, 0) is 14.3 Å². The summed E-state index contributed by atoms with van der Waals surface area (Å²) in [5.41, 5.74) is 0. The molecule has 2 unspecified atom stereocenters. The Bertz CT molecular complexity index is 257. The maximum Gasteiger partial charge on any atom is 0.202 e. The highest BCUT2D eigenvalue weighted by Crippen LogP contribution is 2.28. The lowest BCUT2D eigenvalue weighted by molar-refractivity contribution is -0.123. The molecule has 2 aliphatic rings. The summed E-state index contributed by atoms with van der Waals surface area (Å²) in [6.07, 6.45) is 4.62. The minimum absolute atomic E-state index is 0.0318. The molecule has 1 fully saturated rings. The molecular weight excluding hydrogens is 180 g/mol. The maximum atomic E-state index is 11.9. The Morgan fingerprint density at radius 2 is 2.43 bits per heavy atom. The molecule has 1 saturated heterocycles. The third-order valence-corrected chi connectivity index (χ3v) is 2.90. The van der Waals surface area contributed by atoms with Crippen molar-refractivity contribution < 1.29 is 14.3 Å². The van der Waals surface area contributed by atoms with E-state index in [1.165, 1.54) is 0 Å². The van der Waals surface area contributed by atoms with Crippen LogP contribution in [0.15, 0.2) is 11.8 Å². The van der Waals surface area contributed by atoms with Gasteiger partial charge in [-0.25, -0.2) is 0 Å². The van der Waals surface area contributed by atoms with Gasteiger partial charge in [0.15, 0.2) is 5.76 Å². The van der Waals surface area contributed by atoms with Crippen molar-refractivity contribution in [3.05, 3.63) is 11.8 Å². The SMILES string of the molecule is CCC1OCCC1C(=O)C1=CCCO1. The van der Waals surface area contributed by atoms with Gasteiger partial charge in [0.1, 0.15) is 0 Å². The van der Waals surface area contributed by atoms with Gasteiger partial charge in [0.25, 0.3) is 0 Å². The lowest BCUT2D eigenvalue weighted by Gasteiger charge is -2.15. The summed E-state index contributed by atoms with van der Waals surface area (Å²) in [7, 11) is 0. The molecule has 0 radical (unpaired) electrons. The van der Waals surface area contributed by atoms with Crippen molar-refractivity contribution in [1.82, 2.24) is 0 Å². The van der Waals surface area contributed by atoms with Gasteiger partial charge in [0, 0.05) is 13.0 Å².